The van der Waals surface area contributed by atoms with E-state index in [1.54, 1.807) is 31.6 Å². The molecule has 0 aliphatic rings. The molecule has 6 nitrogen and oxygen atoms in total. The highest BCUT2D eigenvalue weighted by Gasteiger charge is 2.13. The molecule has 1 aromatic carbocycles. The Morgan fingerprint density at radius 1 is 1.17 bits per heavy atom. The first-order chi connectivity index (χ1) is 11.0. The SMILES string of the molecule is COc1ccc(S(=O)(=O)NCCCC(C)c2cncnc2)cc1. The van der Waals surface area contributed by atoms with Crippen LogP contribution in [-0.2, 0) is 10.0 Å². The summed E-state index contributed by atoms with van der Waals surface area (Å²) in [6.07, 6.45) is 6.68. The van der Waals surface area contributed by atoms with Crippen molar-refractivity contribution in [1.29, 1.82) is 0 Å². The van der Waals surface area contributed by atoms with Gasteiger partial charge in [0.2, 0.25) is 10.0 Å². The zero-order valence-electron chi connectivity index (χ0n) is 13.3. The van der Waals surface area contributed by atoms with Crippen LogP contribution in [0.3, 0.4) is 0 Å². The van der Waals surface area contributed by atoms with E-state index in [1.165, 1.54) is 18.5 Å². The van der Waals surface area contributed by atoms with Gasteiger partial charge in [0.1, 0.15) is 12.1 Å². The van der Waals surface area contributed by atoms with Crippen molar-refractivity contribution in [3.05, 3.63) is 48.5 Å². The molecule has 2 aromatic rings. The third-order valence-corrected chi connectivity index (χ3v) is 5.10. The van der Waals surface area contributed by atoms with Gasteiger partial charge < -0.3 is 4.74 Å². The molecule has 23 heavy (non-hydrogen) atoms. The molecule has 1 unspecified atom stereocenters. The van der Waals surface area contributed by atoms with E-state index in [9.17, 15) is 8.42 Å². The first-order valence-electron chi connectivity index (χ1n) is 7.41. The molecular formula is C16H21N3O3S. The molecule has 0 saturated carbocycles. The highest BCUT2D eigenvalue weighted by molar-refractivity contribution is 7.89. The number of hydrogen-bond acceptors (Lipinski definition) is 5. The first-order valence-corrected chi connectivity index (χ1v) is 8.90. The van der Waals surface area contributed by atoms with Gasteiger partial charge in [0.15, 0.2) is 0 Å². The number of hydrogen-bond donors (Lipinski definition) is 1. The van der Waals surface area contributed by atoms with Crippen LogP contribution in [0.4, 0.5) is 0 Å². The number of rotatable bonds is 8. The monoisotopic (exact) mass is 335 g/mol. The molecule has 0 aliphatic carbocycles. The van der Waals surface area contributed by atoms with Crippen LogP contribution in [0.1, 0.15) is 31.2 Å². The topological polar surface area (TPSA) is 81.2 Å². The van der Waals surface area contributed by atoms with Crippen molar-refractivity contribution in [2.75, 3.05) is 13.7 Å². The fraction of sp³-hybridized carbons (Fsp3) is 0.375. The van der Waals surface area contributed by atoms with Crippen LogP contribution in [0.5, 0.6) is 5.75 Å². The summed E-state index contributed by atoms with van der Waals surface area (Å²) in [5.41, 5.74) is 1.06. The summed E-state index contributed by atoms with van der Waals surface area (Å²) in [6.45, 7) is 2.48. The van der Waals surface area contributed by atoms with Crippen LogP contribution < -0.4 is 9.46 Å². The normalized spacial score (nSPS) is 12.8. The zero-order chi connectivity index (χ0) is 16.7. The molecule has 2 rings (SSSR count). The lowest BCUT2D eigenvalue weighted by molar-refractivity contribution is 0.414. The van der Waals surface area contributed by atoms with Crippen molar-refractivity contribution in [2.45, 2.75) is 30.6 Å². The second-order valence-electron chi connectivity index (χ2n) is 5.29. The fourth-order valence-corrected chi connectivity index (χ4v) is 3.26. The molecule has 1 atom stereocenters. The van der Waals surface area contributed by atoms with Crippen molar-refractivity contribution in [3.8, 4) is 5.75 Å². The van der Waals surface area contributed by atoms with Gasteiger partial charge >= 0.3 is 0 Å². The Kier molecular flexibility index (Phi) is 6.06. The molecule has 0 aliphatic heterocycles. The van der Waals surface area contributed by atoms with Gasteiger partial charge in [0.05, 0.1) is 12.0 Å². The van der Waals surface area contributed by atoms with E-state index < -0.39 is 10.0 Å². The van der Waals surface area contributed by atoms with Gasteiger partial charge in [-0.15, -0.1) is 0 Å². The molecule has 0 saturated heterocycles. The molecule has 0 bridgehead atoms. The Morgan fingerprint density at radius 2 is 1.83 bits per heavy atom. The molecule has 1 heterocycles. The van der Waals surface area contributed by atoms with Crippen LogP contribution in [0.15, 0.2) is 47.9 Å². The first kappa shape index (κ1) is 17.4. The van der Waals surface area contributed by atoms with E-state index in [0.29, 0.717) is 18.2 Å². The summed E-state index contributed by atoms with van der Waals surface area (Å²) in [5, 5.41) is 0. The van der Waals surface area contributed by atoms with Crippen LogP contribution in [-0.4, -0.2) is 32.0 Å². The molecule has 0 fully saturated rings. The van der Waals surface area contributed by atoms with Gasteiger partial charge in [0.25, 0.3) is 0 Å². The summed E-state index contributed by atoms with van der Waals surface area (Å²) in [4.78, 5) is 8.23. The van der Waals surface area contributed by atoms with Crippen molar-refractivity contribution in [3.63, 3.8) is 0 Å². The van der Waals surface area contributed by atoms with Crippen molar-refractivity contribution in [1.82, 2.24) is 14.7 Å². The minimum Gasteiger partial charge on any atom is -0.497 e. The second kappa shape index (κ2) is 8.03. The van der Waals surface area contributed by atoms with Crippen molar-refractivity contribution >= 4 is 10.0 Å². The molecule has 0 amide bonds. The molecule has 0 radical (unpaired) electrons. The summed E-state index contributed by atoms with van der Waals surface area (Å²) in [7, 11) is -1.94. The third-order valence-electron chi connectivity index (χ3n) is 3.63. The summed E-state index contributed by atoms with van der Waals surface area (Å²) in [5.74, 6) is 0.921. The maximum Gasteiger partial charge on any atom is 0.240 e. The van der Waals surface area contributed by atoms with Gasteiger partial charge in [-0.2, -0.15) is 0 Å². The zero-order valence-corrected chi connectivity index (χ0v) is 14.1. The fourth-order valence-electron chi connectivity index (χ4n) is 2.18. The van der Waals surface area contributed by atoms with Gasteiger partial charge in [-0.1, -0.05) is 6.92 Å². The van der Waals surface area contributed by atoms with Crippen molar-refractivity contribution in [2.24, 2.45) is 0 Å². The number of nitrogens with zero attached hydrogens (tertiary/aromatic N) is 2. The highest BCUT2D eigenvalue weighted by Crippen LogP contribution is 2.19. The smallest absolute Gasteiger partial charge is 0.240 e. The maximum absolute atomic E-state index is 12.2. The molecule has 7 heteroatoms. The third kappa shape index (κ3) is 5.01. The second-order valence-corrected chi connectivity index (χ2v) is 7.06. The number of methoxy groups -OCH3 is 1. The average Bonchev–Trinajstić information content (AvgIpc) is 2.59. The minimum absolute atomic E-state index is 0.239. The Labute approximate surface area is 137 Å². The van der Waals surface area contributed by atoms with E-state index >= 15 is 0 Å². The van der Waals surface area contributed by atoms with Crippen LogP contribution >= 0.6 is 0 Å². The summed E-state index contributed by atoms with van der Waals surface area (Å²) in [6, 6.07) is 6.33. The summed E-state index contributed by atoms with van der Waals surface area (Å²) < 4.78 is 32.0. The lowest BCUT2D eigenvalue weighted by Crippen LogP contribution is -2.25. The van der Waals surface area contributed by atoms with E-state index in [-0.39, 0.29) is 4.90 Å². The highest BCUT2D eigenvalue weighted by atomic mass is 32.2. The van der Waals surface area contributed by atoms with Crippen LogP contribution in [0, 0.1) is 0 Å². The minimum atomic E-state index is -3.48. The average molecular weight is 335 g/mol. The Hall–Kier alpha value is -1.99. The Balaban J connectivity index is 1.82. The number of nitrogens with one attached hydrogen (secondary N) is 1. The van der Waals surface area contributed by atoms with Gasteiger partial charge in [-0.25, -0.2) is 23.1 Å². The standard InChI is InChI=1S/C16H21N3O3S/c1-13(14-10-17-12-18-11-14)4-3-9-19-23(20,21)16-7-5-15(22-2)6-8-16/h5-8,10-13,19H,3-4,9H2,1-2H3. The van der Waals surface area contributed by atoms with Crippen LogP contribution in [0.2, 0.25) is 0 Å². The predicted octanol–water partition coefficient (Wildman–Crippen LogP) is 2.35. The van der Waals surface area contributed by atoms with Gasteiger partial charge in [-0.3, -0.25) is 0 Å². The number of ether oxygens (including phenoxy) is 1. The maximum atomic E-state index is 12.2. The molecule has 1 N–H and O–H groups in total. The molecule has 124 valence electrons. The van der Waals surface area contributed by atoms with E-state index in [4.69, 9.17) is 4.74 Å². The number of benzene rings is 1. The lowest BCUT2D eigenvalue weighted by atomic mass is 9.99. The predicted molar refractivity (Wildman–Crippen MR) is 87.9 cm³/mol. The Morgan fingerprint density at radius 3 is 2.43 bits per heavy atom. The summed E-state index contributed by atoms with van der Waals surface area (Å²) >= 11 is 0. The number of aromatic nitrogens is 2. The van der Waals surface area contributed by atoms with E-state index in [0.717, 1.165) is 18.4 Å². The molecule has 1 aromatic heterocycles. The van der Waals surface area contributed by atoms with Crippen molar-refractivity contribution < 1.29 is 13.2 Å². The van der Waals surface area contributed by atoms with Crippen LogP contribution in [0.25, 0.3) is 0 Å². The largest absolute Gasteiger partial charge is 0.497 e. The van der Waals surface area contributed by atoms with Gasteiger partial charge in [0, 0.05) is 18.9 Å². The van der Waals surface area contributed by atoms with E-state index in [1.807, 2.05) is 0 Å². The quantitative estimate of drug-likeness (QED) is 0.749. The Bertz CT molecular complexity index is 703. The van der Waals surface area contributed by atoms with Gasteiger partial charge in [-0.05, 0) is 48.6 Å². The molecule has 0 spiro atoms. The lowest BCUT2D eigenvalue weighted by Gasteiger charge is -2.11. The van der Waals surface area contributed by atoms with E-state index in [2.05, 4.69) is 21.6 Å². The molecular weight excluding hydrogens is 314 g/mol. The number of sulfonamides is 1.